The minimum atomic E-state index is -0.408. The highest BCUT2D eigenvalue weighted by atomic mass is 32.1. The summed E-state index contributed by atoms with van der Waals surface area (Å²) in [6.07, 6.45) is 0.934. The van der Waals surface area contributed by atoms with Gasteiger partial charge in [0.15, 0.2) is 0 Å². The van der Waals surface area contributed by atoms with Crippen molar-refractivity contribution in [2.75, 3.05) is 12.4 Å². The molecule has 1 aliphatic rings. The first-order chi connectivity index (χ1) is 7.63. The molecule has 1 aliphatic carbocycles. The quantitative estimate of drug-likeness (QED) is 0.822. The molecular weight excluding hydrogens is 226 g/mol. The fourth-order valence-electron chi connectivity index (χ4n) is 1.57. The average Bonchev–Trinajstić information content (AvgIpc) is 2.83. The number of anilines is 1. The molecule has 1 amide bonds. The monoisotopic (exact) mass is 239 g/mol. The second kappa shape index (κ2) is 4.25. The van der Waals surface area contributed by atoms with E-state index in [1.54, 1.807) is 11.4 Å². The molecule has 1 heterocycles. The molecule has 0 spiro atoms. The lowest BCUT2D eigenvalue weighted by atomic mass is 10.3. The molecule has 16 heavy (non-hydrogen) atoms. The molecule has 0 aromatic carbocycles. The Bertz CT molecular complexity index is 427. The molecule has 86 valence electrons. The van der Waals surface area contributed by atoms with Crippen molar-refractivity contribution in [3.05, 3.63) is 16.3 Å². The van der Waals surface area contributed by atoms with Crippen LogP contribution in [0.15, 0.2) is 11.4 Å². The summed E-state index contributed by atoms with van der Waals surface area (Å²) in [5.41, 5.74) is 0.556. The summed E-state index contributed by atoms with van der Waals surface area (Å²) in [5.74, 6) is 0.149. The van der Waals surface area contributed by atoms with Crippen molar-refractivity contribution in [3.63, 3.8) is 0 Å². The van der Waals surface area contributed by atoms with Crippen LogP contribution in [0, 0.1) is 11.8 Å². The Morgan fingerprint density at radius 3 is 2.81 bits per heavy atom. The molecule has 0 radical (unpaired) electrons. The summed E-state index contributed by atoms with van der Waals surface area (Å²) in [7, 11) is 1.33. The van der Waals surface area contributed by atoms with Crippen molar-refractivity contribution in [2.24, 2.45) is 11.8 Å². The van der Waals surface area contributed by atoms with Gasteiger partial charge in [0, 0.05) is 5.92 Å². The van der Waals surface area contributed by atoms with E-state index in [9.17, 15) is 9.59 Å². The van der Waals surface area contributed by atoms with Crippen LogP contribution in [0.25, 0.3) is 0 Å². The van der Waals surface area contributed by atoms with Gasteiger partial charge in [-0.15, -0.1) is 11.3 Å². The van der Waals surface area contributed by atoms with Crippen LogP contribution in [0.3, 0.4) is 0 Å². The molecule has 1 aromatic rings. The van der Waals surface area contributed by atoms with Crippen LogP contribution in [0.4, 0.5) is 5.69 Å². The number of rotatable bonds is 3. The van der Waals surface area contributed by atoms with Crippen LogP contribution in [-0.2, 0) is 9.53 Å². The number of nitrogens with one attached hydrogen (secondary N) is 1. The molecule has 5 heteroatoms. The van der Waals surface area contributed by atoms with E-state index in [4.69, 9.17) is 0 Å². The predicted molar refractivity (Wildman–Crippen MR) is 61.6 cm³/mol. The number of methoxy groups -OCH3 is 1. The number of esters is 1. The number of amides is 1. The van der Waals surface area contributed by atoms with E-state index in [2.05, 4.69) is 10.1 Å². The van der Waals surface area contributed by atoms with Gasteiger partial charge in [-0.3, -0.25) is 4.79 Å². The highest BCUT2D eigenvalue weighted by Crippen LogP contribution is 2.39. The van der Waals surface area contributed by atoms with E-state index in [1.807, 2.05) is 6.92 Å². The number of carbonyl (C=O) groups is 2. The van der Waals surface area contributed by atoms with Gasteiger partial charge in [0.05, 0.1) is 12.8 Å². The van der Waals surface area contributed by atoms with Gasteiger partial charge >= 0.3 is 5.97 Å². The van der Waals surface area contributed by atoms with Gasteiger partial charge in [-0.05, 0) is 23.8 Å². The maximum absolute atomic E-state index is 11.7. The molecule has 2 rings (SSSR count). The van der Waals surface area contributed by atoms with Crippen LogP contribution in [0.5, 0.6) is 0 Å². The Morgan fingerprint density at radius 2 is 2.25 bits per heavy atom. The first-order valence-corrected chi connectivity index (χ1v) is 5.98. The molecule has 0 unspecified atom stereocenters. The van der Waals surface area contributed by atoms with E-state index < -0.39 is 5.97 Å². The van der Waals surface area contributed by atoms with Gasteiger partial charge in [-0.1, -0.05) is 6.92 Å². The molecule has 0 bridgehead atoms. The zero-order valence-electron chi connectivity index (χ0n) is 9.15. The van der Waals surface area contributed by atoms with E-state index in [0.717, 1.165) is 6.42 Å². The van der Waals surface area contributed by atoms with Gasteiger partial charge in [0.2, 0.25) is 5.91 Å². The van der Waals surface area contributed by atoms with Gasteiger partial charge in [0.25, 0.3) is 0 Å². The Kier molecular flexibility index (Phi) is 2.96. The second-order valence-corrected chi connectivity index (χ2v) is 4.88. The summed E-state index contributed by atoms with van der Waals surface area (Å²) >= 11 is 1.27. The molecule has 0 saturated heterocycles. The molecule has 1 saturated carbocycles. The summed E-state index contributed by atoms with van der Waals surface area (Å²) in [6, 6.07) is 1.72. The summed E-state index contributed by atoms with van der Waals surface area (Å²) in [4.78, 5) is 23.5. The zero-order valence-corrected chi connectivity index (χ0v) is 9.97. The molecule has 1 fully saturated rings. The van der Waals surface area contributed by atoms with Gasteiger partial charge in [-0.2, -0.15) is 0 Å². The molecule has 1 N–H and O–H groups in total. The third kappa shape index (κ3) is 2.09. The Morgan fingerprint density at radius 1 is 1.56 bits per heavy atom. The smallest absolute Gasteiger partial charge is 0.350 e. The number of carbonyl (C=O) groups excluding carboxylic acids is 2. The van der Waals surface area contributed by atoms with Crippen molar-refractivity contribution in [3.8, 4) is 0 Å². The lowest BCUT2D eigenvalue weighted by Gasteiger charge is -2.04. The Balaban J connectivity index is 2.07. The van der Waals surface area contributed by atoms with Crippen LogP contribution in [0.2, 0.25) is 0 Å². The summed E-state index contributed by atoms with van der Waals surface area (Å²) < 4.78 is 4.63. The minimum Gasteiger partial charge on any atom is -0.465 e. The number of hydrogen-bond donors (Lipinski definition) is 1. The fraction of sp³-hybridized carbons (Fsp3) is 0.455. The zero-order chi connectivity index (χ0) is 11.7. The van der Waals surface area contributed by atoms with Crippen molar-refractivity contribution in [2.45, 2.75) is 13.3 Å². The van der Waals surface area contributed by atoms with Gasteiger partial charge < -0.3 is 10.1 Å². The minimum absolute atomic E-state index is 0.00365. The maximum atomic E-state index is 11.7. The number of thiophene rings is 1. The normalized spacial score (nSPS) is 22.6. The summed E-state index contributed by atoms with van der Waals surface area (Å²) in [5, 5.41) is 4.53. The third-order valence-corrected chi connectivity index (χ3v) is 3.63. The Hall–Kier alpha value is -1.36. The molecule has 4 nitrogen and oxygen atoms in total. The maximum Gasteiger partial charge on any atom is 0.350 e. The average molecular weight is 239 g/mol. The molecule has 2 atom stereocenters. The van der Waals surface area contributed by atoms with Gasteiger partial charge in [0.1, 0.15) is 4.88 Å². The first kappa shape index (κ1) is 11.1. The van der Waals surface area contributed by atoms with E-state index in [1.165, 1.54) is 18.4 Å². The van der Waals surface area contributed by atoms with Crippen LogP contribution in [-0.4, -0.2) is 19.0 Å². The van der Waals surface area contributed by atoms with Crippen molar-refractivity contribution in [1.82, 2.24) is 0 Å². The second-order valence-electron chi connectivity index (χ2n) is 3.96. The number of ether oxygens (including phenoxy) is 1. The fourth-order valence-corrected chi connectivity index (χ4v) is 2.34. The van der Waals surface area contributed by atoms with Gasteiger partial charge in [-0.25, -0.2) is 4.79 Å². The van der Waals surface area contributed by atoms with Crippen LogP contribution < -0.4 is 5.32 Å². The van der Waals surface area contributed by atoms with E-state index >= 15 is 0 Å². The molecule has 0 aliphatic heterocycles. The standard InChI is InChI=1S/C11H13NO3S/c1-6-5-7(6)10(13)12-8-3-4-16-9(8)11(14)15-2/h3-4,6-7H,5H2,1-2H3,(H,12,13)/t6-,7-/m0/s1. The number of hydrogen-bond acceptors (Lipinski definition) is 4. The van der Waals surface area contributed by atoms with Crippen molar-refractivity contribution >= 4 is 28.9 Å². The topological polar surface area (TPSA) is 55.4 Å². The lowest BCUT2D eigenvalue weighted by molar-refractivity contribution is -0.117. The first-order valence-electron chi connectivity index (χ1n) is 5.10. The third-order valence-electron chi connectivity index (χ3n) is 2.74. The summed E-state index contributed by atoms with van der Waals surface area (Å²) in [6.45, 7) is 2.04. The highest BCUT2D eigenvalue weighted by molar-refractivity contribution is 7.12. The van der Waals surface area contributed by atoms with Crippen molar-refractivity contribution in [1.29, 1.82) is 0 Å². The van der Waals surface area contributed by atoms with E-state index in [-0.39, 0.29) is 11.8 Å². The lowest BCUT2D eigenvalue weighted by Crippen LogP contribution is -2.16. The highest BCUT2D eigenvalue weighted by Gasteiger charge is 2.39. The Labute approximate surface area is 97.6 Å². The van der Waals surface area contributed by atoms with E-state index in [0.29, 0.717) is 16.5 Å². The predicted octanol–water partition coefficient (Wildman–Crippen LogP) is 2.13. The van der Waals surface area contributed by atoms with Crippen LogP contribution in [0.1, 0.15) is 23.0 Å². The van der Waals surface area contributed by atoms with Crippen LogP contribution >= 0.6 is 11.3 Å². The molecular formula is C11H13NO3S. The largest absolute Gasteiger partial charge is 0.465 e. The molecule has 1 aromatic heterocycles. The van der Waals surface area contributed by atoms with Crippen molar-refractivity contribution < 1.29 is 14.3 Å². The SMILES string of the molecule is COC(=O)c1sccc1NC(=O)[C@H]1C[C@@H]1C.